The lowest BCUT2D eigenvalue weighted by atomic mass is 10.2. The molecule has 1 aromatic heterocycles. The van der Waals surface area contributed by atoms with Crippen LogP contribution < -0.4 is 5.73 Å². The van der Waals surface area contributed by atoms with E-state index in [0.717, 1.165) is 5.56 Å². The van der Waals surface area contributed by atoms with Gasteiger partial charge < -0.3 is 10.5 Å². The highest BCUT2D eigenvalue weighted by Crippen LogP contribution is 2.16. The number of hydrogen-bond donors (Lipinski definition) is 1. The summed E-state index contributed by atoms with van der Waals surface area (Å²) < 4.78 is 4.77. The standard InChI is InChI=1S/C11H13ClN2O2/c1-2-16-10(15)5-3-4-8-6-9(13)11(12)14-7-8/h3-4,6-7H,2,5,13H2,1H3. The second kappa shape index (κ2) is 6.12. The molecule has 1 aromatic rings. The van der Waals surface area contributed by atoms with Crippen molar-refractivity contribution in [2.75, 3.05) is 12.3 Å². The van der Waals surface area contributed by atoms with Gasteiger partial charge in [-0.15, -0.1) is 0 Å². The Bertz CT molecular complexity index is 405. The Morgan fingerprint density at radius 1 is 1.69 bits per heavy atom. The number of pyridine rings is 1. The summed E-state index contributed by atoms with van der Waals surface area (Å²) in [6.07, 6.45) is 5.26. The number of nitrogens with two attached hydrogens (primary N) is 1. The van der Waals surface area contributed by atoms with Crippen LogP contribution in [0.25, 0.3) is 6.08 Å². The maximum atomic E-state index is 11.0. The first-order valence-electron chi connectivity index (χ1n) is 4.86. The number of carbonyl (C=O) groups is 1. The van der Waals surface area contributed by atoms with Gasteiger partial charge in [0.05, 0.1) is 18.7 Å². The van der Waals surface area contributed by atoms with Gasteiger partial charge in [-0.05, 0) is 18.6 Å². The maximum absolute atomic E-state index is 11.0. The van der Waals surface area contributed by atoms with Crippen LogP contribution in [0.3, 0.4) is 0 Å². The third-order valence-electron chi connectivity index (χ3n) is 1.79. The van der Waals surface area contributed by atoms with Crippen LogP contribution in [-0.4, -0.2) is 17.6 Å². The first-order chi connectivity index (χ1) is 7.63. The molecule has 1 rings (SSSR count). The minimum Gasteiger partial charge on any atom is -0.466 e. The molecule has 16 heavy (non-hydrogen) atoms. The van der Waals surface area contributed by atoms with Crippen molar-refractivity contribution in [3.8, 4) is 0 Å². The molecule has 0 bridgehead atoms. The van der Waals surface area contributed by atoms with Gasteiger partial charge in [0.25, 0.3) is 0 Å². The summed E-state index contributed by atoms with van der Waals surface area (Å²) in [6.45, 7) is 2.16. The first kappa shape index (κ1) is 12.5. The number of anilines is 1. The molecule has 86 valence electrons. The third-order valence-corrected chi connectivity index (χ3v) is 2.10. The number of rotatable bonds is 4. The molecule has 1 heterocycles. The van der Waals surface area contributed by atoms with Gasteiger partial charge in [0.15, 0.2) is 5.15 Å². The van der Waals surface area contributed by atoms with E-state index < -0.39 is 0 Å². The first-order valence-corrected chi connectivity index (χ1v) is 5.24. The van der Waals surface area contributed by atoms with Gasteiger partial charge in [0.1, 0.15) is 0 Å². The van der Waals surface area contributed by atoms with Gasteiger partial charge >= 0.3 is 5.97 Å². The molecule has 0 aliphatic carbocycles. The number of nitrogens with zero attached hydrogens (tertiary/aromatic N) is 1. The molecule has 0 saturated heterocycles. The van der Waals surface area contributed by atoms with Crippen molar-refractivity contribution >= 4 is 29.3 Å². The Morgan fingerprint density at radius 3 is 3.06 bits per heavy atom. The molecule has 0 fully saturated rings. The summed E-state index contributed by atoms with van der Waals surface area (Å²) in [5, 5.41) is 0.280. The number of halogens is 1. The lowest BCUT2D eigenvalue weighted by molar-refractivity contribution is -0.142. The van der Waals surface area contributed by atoms with Gasteiger partial charge in [0, 0.05) is 6.20 Å². The lowest BCUT2D eigenvalue weighted by Gasteiger charge is -1.99. The van der Waals surface area contributed by atoms with Gasteiger partial charge in [-0.3, -0.25) is 4.79 Å². The SMILES string of the molecule is CCOC(=O)CC=Cc1cnc(Cl)c(N)c1. The molecule has 0 saturated carbocycles. The number of hydrogen-bond acceptors (Lipinski definition) is 4. The lowest BCUT2D eigenvalue weighted by Crippen LogP contribution is -2.01. The van der Waals surface area contributed by atoms with Crippen molar-refractivity contribution in [3.05, 3.63) is 29.1 Å². The summed E-state index contributed by atoms with van der Waals surface area (Å²) in [6, 6.07) is 1.69. The van der Waals surface area contributed by atoms with Crippen molar-refractivity contribution in [2.24, 2.45) is 0 Å². The topological polar surface area (TPSA) is 65.2 Å². The van der Waals surface area contributed by atoms with Crippen LogP contribution in [0.5, 0.6) is 0 Å². The van der Waals surface area contributed by atoms with Gasteiger partial charge in [0.2, 0.25) is 0 Å². The molecule has 0 aliphatic rings. The molecule has 0 spiro atoms. The summed E-state index contributed by atoms with van der Waals surface area (Å²) in [4.78, 5) is 14.9. The highest BCUT2D eigenvalue weighted by molar-refractivity contribution is 6.31. The predicted octanol–water partition coefficient (Wildman–Crippen LogP) is 2.28. The van der Waals surface area contributed by atoms with Crippen molar-refractivity contribution in [1.29, 1.82) is 0 Å². The minimum atomic E-state index is -0.256. The van der Waals surface area contributed by atoms with E-state index in [4.69, 9.17) is 22.1 Å². The highest BCUT2D eigenvalue weighted by atomic mass is 35.5. The van der Waals surface area contributed by atoms with Crippen molar-refractivity contribution in [1.82, 2.24) is 4.98 Å². The zero-order chi connectivity index (χ0) is 12.0. The predicted molar refractivity (Wildman–Crippen MR) is 63.9 cm³/mol. The average molecular weight is 241 g/mol. The molecule has 0 aromatic carbocycles. The second-order valence-corrected chi connectivity index (χ2v) is 3.42. The maximum Gasteiger partial charge on any atom is 0.309 e. The Morgan fingerprint density at radius 2 is 2.44 bits per heavy atom. The van der Waals surface area contributed by atoms with E-state index in [9.17, 15) is 4.79 Å². The van der Waals surface area contributed by atoms with Crippen LogP contribution in [0.1, 0.15) is 18.9 Å². The van der Waals surface area contributed by atoms with Crippen LogP contribution in [0.4, 0.5) is 5.69 Å². The van der Waals surface area contributed by atoms with Gasteiger partial charge in [-0.1, -0.05) is 23.8 Å². The molecule has 2 N–H and O–H groups in total. The van der Waals surface area contributed by atoms with Crippen molar-refractivity contribution < 1.29 is 9.53 Å². The number of ether oxygens (including phenoxy) is 1. The fraction of sp³-hybridized carbons (Fsp3) is 0.273. The molecule has 0 atom stereocenters. The Hall–Kier alpha value is -1.55. The summed E-state index contributed by atoms with van der Waals surface area (Å²) in [5.74, 6) is -0.256. The number of carbonyl (C=O) groups excluding carboxylic acids is 1. The molecule has 4 nitrogen and oxygen atoms in total. The van der Waals surface area contributed by atoms with E-state index >= 15 is 0 Å². The zero-order valence-electron chi connectivity index (χ0n) is 8.94. The quantitative estimate of drug-likeness (QED) is 0.648. The van der Waals surface area contributed by atoms with E-state index in [1.807, 2.05) is 0 Å². The van der Waals surface area contributed by atoms with E-state index in [0.29, 0.717) is 12.3 Å². The summed E-state index contributed by atoms with van der Waals surface area (Å²) >= 11 is 5.67. The monoisotopic (exact) mass is 240 g/mol. The van der Waals surface area contributed by atoms with E-state index in [1.165, 1.54) is 0 Å². The van der Waals surface area contributed by atoms with E-state index in [2.05, 4.69) is 4.98 Å². The molecule has 0 aliphatic heterocycles. The van der Waals surface area contributed by atoms with Crippen LogP contribution in [0.15, 0.2) is 18.3 Å². The smallest absolute Gasteiger partial charge is 0.309 e. The summed E-state index contributed by atoms with van der Waals surface area (Å²) in [7, 11) is 0. The minimum absolute atomic E-state index is 0.233. The molecule has 0 radical (unpaired) electrons. The fourth-order valence-corrected chi connectivity index (χ4v) is 1.19. The third kappa shape index (κ3) is 3.90. The van der Waals surface area contributed by atoms with Gasteiger partial charge in [-0.2, -0.15) is 0 Å². The average Bonchev–Trinajstić information content (AvgIpc) is 2.24. The number of nitrogen functional groups attached to an aromatic ring is 1. The number of esters is 1. The zero-order valence-corrected chi connectivity index (χ0v) is 9.70. The van der Waals surface area contributed by atoms with Crippen LogP contribution >= 0.6 is 11.6 Å². The van der Waals surface area contributed by atoms with Gasteiger partial charge in [-0.25, -0.2) is 4.98 Å². The normalized spacial score (nSPS) is 10.6. The Labute approximate surface area is 99.1 Å². The molecule has 0 amide bonds. The largest absolute Gasteiger partial charge is 0.466 e. The highest BCUT2D eigenvalue weighted by Gasteiger charge is 1.98. The number of aromatic nitrogens is 1. The summed E-state index contributed by atoms with van der Waals surface area (Å²) in [5.41, 5.74) is 6.79. The van der Waals surface area contributed by atoms with Crippen molar-refractivity contribution in [3.63, 3.8) is 0 Å². The van der Waals surface area contributed by atoms with E-state index in [-0.39, 0.29) is 17.5 Å². The Kier molecular flexibility index (Phi) is 4.79. The van der Waals surface area contributed by atoms with Crippen LogP contribution in [0, 0.1) is 0 Å². The second-order valence-electron chi connectivity index (χ2n) is 3.06. The van der Waals surface area contributed by atoms with Crippen LogP contribution in [0.2, 0.25) is 5.15 Å². The molecular formula is C11H13ClN2O2. The van der Waals surface area contributed by atoms with Crippen molar-refractivity contribution in [2.45, 2.75) is 13.3 Å². The Balaban J connectivity index is 2.56. The van der Waals surface area contributed by atoms with E-state index in [1.54, 1.807) is 31.3 Å². The molecule has 0 unspecified atom stereocenters. The molecular weight excluding hydrogens is 228 g/mol. The van der Waals surface area contributed by atoms with Crippen LogP contribution in [-0.2, 0) is 9.53 Å². The molecule has 5 heteroatoms. The fourth-order valence-electron chi connectivity index (χ4n) is 1.08.